The molecule has 0 spiro atoms. The number of aromatic nitrogens is 1. The second kappa shape index (κ2) is 4.03. The van der Waals surface area contributed by atoms with Crippen molar-refractivity contribution < 1.29 is 18.0 Å². The summed E-state index contributed by atoms with van der Waals surface area (Å²) < 4.78 is 37.1. The average molecular weight is 301 g/mol. The number of carbonyl (C=O) groups is 1. The van der Waals surface area contributed by atoms with E-state index in [0.29, 0.717) is 0 Å². The molecule has 1 rings (SSSR count). The number of carbonyl (C=O) groups excluding carboxylic acids is 1. The summed E-state index contributed by atoms with van der Waals surface area (Å²) in [7, 11) is 0. The number of nitrogens with zero attached hydrogens (tertiary/aromatic N) is 1. The smallest absolute Gasteiger partial charge is 0.281 e. The van der Waals surface area contributed by atoms with Gasteiger partial charge in [0.2, 0.25) is 0 Å². The molecule has 0 atom stereocenters. The van der Waals surface area contributed by atoms with Crippen molar-refractivity contribution in [2.24, 2.45) is 0 Å². The number of pyridine rings is 1. The lowest BCUT2D eigenvalue weighted by molar-refractivity contribution is 0.111. The normalized spacial score (nSPS) is 10.5. The zero-order chi connectivity index (χ0) is 10.0. The molecular formula is C7H3F3INO. The van der Waals surface area contributed by atoms with Gasteiger partial charge in [0.25, 0.3) is 6.43 Å². The highest BCUT2D eigenvalue weighted by atomic mass is 127. The molecule has 0 unspecified atom stereocenters. The Morgan fingerprint density at radius 2 is 2.15 bits per heavy atom. The summed E-state index contributed by atoms with van der Waals surface area (Å²) in [5.41, 5.74) is -1.15. The SMILES string of the molecule is O=Cc1nc(C(F)F)c(I)cc1F. The van der Waals surface area contributed by atoms with Gasteiger partial charge in [0, 0.05) is 3.57 Å². The van der Waals surface area contributed by atoms with E-state index >= 15 is 0 Å². The van der Waals surface area contributed by atoms with Crippen molar-refractivity contribution in [1.82, 2.24) is 4.98 Å². The first-order valence-corrected chi connectivity index (χ1v) is 4.23. The van der Waals surface area contributed by atoms with Gasteiger partial charge in [-0.3, -0.25) is 4.79 Å². The number of hydrogen-bond acceptors (Lipinski definition) is 2. The van der Waals surface area contributed by atoms with E-state index in [9.17, 15) is 18.0 Å². The Kier molecular flexibility index (Phi) is 3.23. The number of aldehydes is 1. The average Bonchev–Trinajstić information content (AvgIpc) is 2.03. The lowest BCUT2D eigenvalue weighted by atomic mass is 10.3. The monoisotopic (exact) mass is 301 g/mol. The minimum atomic E-state index is -2.80. The van der Waals surface area contributed by atoms with Crippen molar-refractivity contribution in [2.75, 3.05) is 0 Å². The van der Waals surface area contributed by atoms with Gasteiger partial charge >= 0.3 is 0 Å². The van der Waals surface area contributed by atoms with Crippen LogP contribution in [0.2, 0.25) is 0 Å². The number of rotatable bonds is 2. The third kappa shape index (κ3) is 2.17. The van der Waals surface area contributed by atoms with Crippen LogP contribution in [0.3, 0.4) is 0 Å². The van der Waals surface area contributed by atoms with Gasteiger partial charge in [-0.05, 0) is 28.7 Å². The molecule has 1 aromatic heterocycles. The van der Waals surface area contributed by atoms with Crippen molar-refractivity contribution in [3.8, 4) is 0 Å². The second-order valence-corrected chi connectivity index (χ2v) is 3.30. The summed E-state index contributed by atoms with van der Waals surface area (Å²) in [5, 5.41) is 0. The Labute approximate surface area is 85.3 Å². The van der Waals surface area contributed by atoms with Crippen LogP contribution in [0.4, 0.5) is 13.2 Å². The Hall–Kier alpha value is -0.660. The Morgan fingerprint density at radius 1 is 1.54 bits per heavy atom. The lowest BCUT2D eigenvalue weighted by Gasteiger charge is -2.03. The van der Waals surface area contributed by atoms with E-state index in [0.717, 1.165) is 6.07 Å². The molecule has 1 heterocycles. The van der Waals surface area contributed by atoms with Crippen LogP contribution in [0.1, 0.15) is 22.6 Å². The molecule has 0 aliphatic heterocycles. The molecule has 1 aromatic rings. The number of hydrogen-bond donors (Lipinski definition) is 0. The summed E-state index contributed by atoms with van der Waals surface area (Å²) in [4.78, 5) is 13.4. The summed E-state index contributed by atoms with van der Waals surface area (Å²) >= 11 is 1.54. The van der Waals surface area contributed by atoms with Crippen LogP contribution in [-0.2, 0) is 0 Å². The molecule has 0 fully saturated rings. The molecule has 13 heavy (non-hydrogen) atoms. The van der Waals surface area contributed by atoms with Crippen LogP contribution < -0.4 is 0 Å². The van der Waals surface area contributed by atoms with Crippen molar-refractivity contribution in [1.29, 1.82) is 0 Å². The first-order chi connectivity index (χ1) is 6.06. The topological polar surface area (TPSA) is 30.0 Å². The van der Waals surface area contributed by atoms with Crippen molar-refractivity contribution in [2.45, 2.75) is 6.43 Å². The third-order valence-electron chi connectivity index (χ3n) is 1.30. The van der Waals surface area contributed by atoms with Gasteiger partial charge in [-0.2, -0.15) is 0 Å². The molecule has 0 saturated heterocycles. The van der Waals surface area contributed by atoms with E-state index in [-0.39, 0.29) is 9.86 Å². The van der Waals surface area contributed by atoms with Gasteiger partial charge in [-0.15, -0.1) is 0 Å². The third-order valence-corrected chi connectivity index (χ3v) is 2.17. The van der Waals surface area contributed by atoms with Crippen molar-refractivity contribution in [3.05, 3.63) is 26.8 Å². The predicted octanol–water partition coefficient (Wildman–Crippen LogP) is 2.58. The highest BCUT2D eigenvalue weighted by molar-refractivity contribution is 14.1. The van der Waals surface area contributed by atoms with Crippen LogP contribution >= 0.6 is 22.6 Å². The first kappa shape index (κ1) is 10.4. The van der Waals surface area contributed by atoms with Gasteiger partial charge in [0.1, 0.15) is 11.4 Å². The number of alkyl halides is 2. The standard InChI is InChI=1S/C7H3F3INO/c8-3-1-4(11)6(7(9)10)12-5(3)2-13/h1-2,7H. The maximum absolute atomic E-state index is 12.8. The van der Waals surface area contributed by atoms with Crippen LogP contribution in [0.25, 0.3) is 0 Å². The molecule has 0 saturated carbocycles. The highest BCUT2D eigenvalue weighted by Gasteiger charge is 2.16. The molecule has 70 valence electrons. The molecule has 0 N–H and O–H groups in total. The van der Waals surface area contributed by atoms with E-state index < -0.39 is 23.6 Å². The molecule has 0 radical (unpaired) electrons. The Balaban J connectivity index is 3.30. The largest absolute Gasteiger partial charge is 0.296 e. The molecule has 0 amide bonds. The zero-order valence-corrected chi connectivity index (χ0v) is 8.26. The summed E-state index contributed by atoms with van der Waals surface area (Å²) in [6.45, 7) is 0. The van der Waals surface area contributed by atoms with Gasteiger partial charge in [0.15, 0.2) is 12.1 Å². The summed E-state index contributed by atoms with van der Waals surface area (Å²) in [6, 6.07) is 0.860. The molecular weight excluding hydrogens is 298 g/mol. The second-order valence-electron chi connectivity index (χ2n) is 2.14. The predicted molar refractivity (Wildman–Crippen MR) is 47.3 cm³/mol. The fourth-order valence-corrected chi connectivity index (χ4v) is 1.36. The Bertz CT molecular complexity index is 343. The lowest BCUT2D eigenvalue weighted by Crippen LogP contribution is -2.01. The fraction of sp³-hybridized carbons (Fsp3) is 0.143. The van der Waals surface area contributed by atoms with E-state index in [4.69, 9.17) is 0 Å². The minimum Gasteiger partial charge on any atom is -0.296 e. The van der Waals surface area contributed by atoms with Crippen LogP contribution in [-0.4, -0.2) is 11.3 Å². The van der Waals surface area contributed by atoms with E-state index in [1.807, 2.05) is 0 Å². The molecule has 0 aliphatic carbocycles. The molecule has 2 nitrogen and oxygen atoms in total. The maximum atomic E-state index is 12.8. The van der Waals surface area contributed by atoms with Crippen molar-refractivity contribution in [3.63, 3.8) is 0 Å². The molecule has 0 bridgehead atoms. The zero-order valence-electron chi connectivity index (χ0n) is 6.10. The van der Waals surface area contributed by atoms with Crippen LogP contribution in [0, 0.1) is 9.39 Å². The molecule has 6 heteroatoms. The fourth-order valence-electron chi connectivity index (χ4n) is 0.731. The quantitative estimate of drug-likeness (QED) is 0.621. The van der Waals surface area contributed by atoms with Gasteiger partial charge in [0.05, 0.1) is 0 Å². The summed E-state index contributed by atoms with van der Waals surface area (Å²) in [5.74, 6) is -0.885. The van der Waals surface area contributed by atoms with Gasteiger partial charge in [-0.25, -0.2) is 18.2 Å². The van der Waals surface area contributed by atoms with Gasteiger partial charge < -0.3 is 0 Å². The molecule has 0 aromatic carbocycles. The van der Waals surface area contributed by atoms with Crippen LogP contribution in [0.5, 0.6) is 0 Å². The maximum Gasteiger partial charge on any atom is 0.281 e. The molecule has 0 aliphatic rings. The van der Waals surface area contributed by atoms with E-state index in [2.05, 4.69) is 4.98 Å². The van der Waals surface area contributed by atoms with E-state index in [1.54, 1.807) is 0 Å². The summed E-state index contributed by atoms with van der Waals surface area (Å²) in [6.07, 6.45) is -2.69. The minimum absolute atomic E-state index is 0.00991. The highest BCUT2D eigenvalue weighted by Crippen LogP contribution is 2.23. The van der Waals surface area contributed by atoms with Crippen molar-refractivity contribution >= 4 is 28.9 Å². The van der Waals surface area contributed by atoms with Gasteiger partial charge in [-0.1, -0.05) is 0 Å². The van der Waals surface area contributed by atoms with E-state index in [1.165, 1.54) is 22.6 Å². The first-order valence-electron chi connectivity index (χ1n) is 3.15. The number of halogens is 4. The van der Waals surface area contributed by atoms with Crippen LogP contribution in [0.15, 0.2) is 6.07 Å². The Morgan fingerprint density at radius 3 is 2.62 bits per heavy atom.